The van der Waals surface area contributed by atoms with E-state index >= 15 is 0 Å². The van der Waals surface area contributed by atoms with Crippen molar-refractivity contribution in [3.8, 4) is 0 Å². The van der Waals surface area contributed by atoms with Crippen LogP contribution in [0, 0.1) is 17.3 Å². The maximum atomic E-state index is 14.3. The van der Waals surface area contributed by atoms with E-state index in [0.717, 1.165) is 34.6 Å². The van der Waals surface area contributed by atoms with E-state index in [0.29, 0.717) is 32.2 Å². The van der Waals surface area contributed by atoms with Crippen molar-refractivity contribution in [2.24, 2.45) is 17.3 Å². The number of carbonyl (C=O) groups is 2. The Morgan fingerprint density at radius 2 is 2.14 bits per heavy atom. The molecule has 184 valence electrons. The molecular formula is C29H34N2O4. The summed E-state index contributed by atoms with van der Waals surface area (Å²) in [5, 5.41) is 13.9. The quantitative estimate of drug-likeness (QED) is 0.602. The molecular weight excluding hydrogens is 440 g/mol. The molecule has 6 nitrogen and oxygen atoms in total. The Hall–Kier alpha value is -3.28. The first kappa shape index (κ1) is 23.5. The number of hydrogen-bond donors (Lipinski definition) is 2. The maximum Gasteiger partial charge on any atom is 0.237 e. The molecule has 1 heterocycles. The molecule has 0 spiro atoms. The zero-order valence-corrected chi connectivity index (χ0v) is 20.7. The number of fused-ring (bicyclic) bond motifs is 3. The van der Waals surface area contributed by atoms with E-state index in [4.69, 9.17) is 4.74 Å². The fraction of sp³-hybridized carbons (Fsp3) is 0.448. The van der Waals surface area contributed by atoms with Gasteiger partial charge in [0.25, 0.3) is 0 Å². The third-order valence-corrected chi connectivity index (χ3v) is 8.06. The lowest BCUT2D eigenvalue weighted by Gasteiger charge is -2.54. The van der Waals surface area contributed by atoms with Gasteiger partial charge in [0.1, 0.15) is 5.76 Å². The van der Waals surface area contributed by atoms with E-state index in [2.05, 4.69) is 37.4 Å². The van der Waals surface area contributed by atoms with Gasteiger partial charge in [-0.3, -0.25) is 9.59 Å². The largest absolute Gasteiger partial charge is 0.508 e. The second-order valence-corrected chi connectivity index (χ2v) is 10.2. The first-order valence-electron chi connectivity index (χ1n) is 12.6. The zero-order valence-electron chi connectivity index (χ0n) is 20.7. The molecule has 0 aromatic rings. The molecule has 5 aliphatic rings. The molecule has 0 saturated carbocycles. The minimum atomic E-state index is -0.925. The third kappa shape index (κ3) is 3.79. The molecule has 5 rings (SSSR count). The van der Waals surface area contributed by atoms with Gasteiger partial charge in [-0.05, 0) is 61.1 Å². The van der Waals surface area contributed by atoms with Crippen LogP contribution in [0.3, 0.4) is 0 Å². The number of amides is 2. The molecule has 2 amide bonds. The van der Waals surface area contributed by atoms with Crippen LogP contribution in [0.5, 0.6) is 0 Å². The number of aliphatic hydroxyl groups excluding tert-OH is 1. The molecule has 1 aliphatic heterocycles. The van der Waals surface area contributed by atoms with E-state index in [1.165, 1.54) is 0 Å². The van der Waals surface area contributed by atoms with Gasteiger partial charge in [0.2, 0.25) is 11.8 Å². The Labute approximate surface area is 207 Å². The van der Waals surface area contributed by atoms with Gasteiger partial charge >= 0.3 is 0 Å². The Morgan fingerprint density at radius 1 is 1.31 bits per heavy atom. The number of hydrogen-bond acceptors (Lipinski definition) is 4. The van der Waals surface area contributed by atoms with Gasteiger partial charge in [-0.25, -0.2) is 0 Å². The minimum absolute atomic E-state index is 0.0433. The van der Waals surface area contributed by atoms with Gasteiger partial charge in [-0.1, -0.05) is 43.7 Å². The van der Waals surface area contributed by atoms with Crippen LogP contribution in [0.15, 0.2) is 82.5 Å². The molecule has 4 aliphatic carbocycles. The van der Waals surface area contributed by atoms with Crippen LogP contribution in [0.2, 0.25) is 0 Å². The number of nitrogens with one attached hydrogen (secondary N) is 1. The van der Waals surface area contributed by atoms with Crippen molar-refractivity contribution in [2.45, 2.75) is 52.0 Å². The summed E-state index contributed by atoms with van der Waals surface area (Å²) in [7, 11) is 1.67. The Morgan fingerprint density at radius 3 is 2.89 bits per heavy atom. The summed E-state index contributed by atoms with van der Waals surface area (Å²) in [5.41, 5.74) is 2.98. The van der Waals surface area contributed by atoms with Crippen molar-refractivity contribution in [3.63, 3.8) is 0 Å². The SMILES string of the molecule is CCCN1C(=O)CCC2(C(=O)NC3=CC=C(OC)C(C)C3)C3=CC4C(=CC=C3)CC=C(O)C=C4C12. The smallest absolute Gasteiger partial charge is 0.237 e. The summed E-state index contributed by atoms with van der Waals surface area (Å²) in [6, 6.07) is -0.444. The molecule has 2 N–H and O–H groups in total. The Kier molecular flexibility index (Phi) is 6.07. The molecule has 0 aromatic heterocycles. The number of piperidine rings is 1. The number of methoxy groups -OCH3 is 1. The molecule has 0 radical (unpaired) electrons. The van der Waals surface area contributed by atoms with Crippen molar-refractivity contribution < 1.29 is 19.4 Å². The molecule has 2 bridgehead atoms. The summed E-state index contributed by atoms with van der Waals surface area (Å²) in [5.74, 6) is 1.20. The van der Waals surface area contributed by atoms with Crippen LogP contribution >= 0.6 is 0 Å². The molecule has 35 heavy (non-hydrogen) atoms. The highest BCUT2D eigenvalue weighted by molar-refractivity contribution is 5.94. The third-order valence-electron chi connectivity index (χ3n) is 8.06. The Balaban J connectivity index is 1.64. The predicted molar refractivity (Wildman–Crippen MR) is 135 cm³/mol. The average Bonchev–Trinajstić information content (AvgIpc) is 3.12. The lowest BCUT2D eigenvalue weighted by atomic mass is 9.58. The van der Waals surface area contributed by atoms with Crippen LogP contribution in [0.1, 0.15) is 46.0 Å². The number of carbonyl (C=O) groups excluding carboxylic acids is 2. The number of likely N-dealkylation sites (tertiary alicyclic amines) is 1. The van der Waals surface area contributed by atoms with E-state index in [9.17, 15) is 14.7 Å². The highest BCUT2D eigenvalue weighted by atomic mass is 16.5. The first-order valence-corrected chi connectivity index (χ1v) is 12.6. The summed E-state index contributed by atoms with van der Waals surface area (Å²) < 4.78 is 5.44. The Bertz CT molecular complexity index is 1170. The normalized spacial score (nSPS) is 31.5. The molecule has 1 saturated heterocycles. The second-order valence-electron chi connectivity index (χ2n) is 10.2. The maximum absolute atomic E-state index is 14.3. The standard InChI is InChI=1S/C29H34N2O4/c1-4-14-31-26(33)12-13-29(28(34)30-21-9-11-25(35-3)18(2)15-21)20-7-5-6-19-8-10-22(32)17-24(27(29)31)23(19)16-20/h5-7,9-11,16-18,23,27,32H,4,8,12-15H2,1-3H3,(H,30,34). The van der Waals surface area contributed by atoms with E-state index in [-0.39, 0.29) is 29.4 Å². The summed E-state index contributed by atoms with van der Waals surface area (Å²) in [6.07, 6.45) is 18.7. The fourth-order valence-corrected chi connectivity index (χ4v) is 6.40. The van der Waals surface area contributed by atoms with Crippen molar-refractivity contribution in [2.75, 3.05) is 13.7 Å². The van der Waals surface area contributed by atoms with Crippen molar-refractivity contribution in [1.82, 2.24) is 10.2 Å². The van der Waals surface area contributed by atoms with Gasteiger partial charge in [-0.15, -0.1) is 0 Å². The number of ether oxygens (including phenoxy) is 1. The van der Waals surface area contributed by atoms with Crippen LogP contribution in [0.25, 0.3) is 0 Å². The lowest BCUT2D eigenvalue weighted by Crippen LogP contribution is -2.63. The van der Waals surface area contributed by atoms with E-state index in [1.54, 1.807) is 13.2 Å². The predicted octanol–water partition coefficient (Wildman–Crippen LogP) is 4.77. The van der Waals surface area contributed by atoms with E-state index < -0.39 is 11.5 Å². The first-order chi connectivity index (χ1) is 16.9. The van der Waals surface area contributed by atoms with Crippen molar-refractivity contribution in [3.05, 3.63) is 82.5 Å². The highest BCUT2D eigenvalue weighted by Gasteiger charge is 2.58. The molecule has 6 heteroatoms. The van der Waals surface area contributed by atoms with Gasteiger partial charge in [-0.2, -0.15) is 0 Å². The lowest BCUT2D eigenvalue weighted by molar-refractivity contribution is -0.147. The van der Waals surface area contributed by atoms with Gasteiger partial charge in [0, 0.05) is 30.5 Å². The number of rotatable bonds is 5. The molecule has 0 aromatic carbocycles. The van der Waals surface area contributed by atoms with Gasteiger partial charge in [0.05, 0.1) is 24.3 Å². The molecule has 4 unspecified atom stereocenters. The van der Waals surface area contributed by atoms with Crippen molar-refractivity contribution in [1.29, 1.82) is 0 Å². The highest BCUT2D eigenvalue weighted by Crippen LogP contribution is 2.54. The van der Waals surface area contributed by atoms with Crippen LogP contribution in [0.4, 0.5) is 0 Å². The van der Waals surface area contributed by atoms with E-state index in [1.807, 2.05) is 29.2 Å². The number of aliphatic hydroxyl groups is 1. The zero-order chi connectivity index (χ0) is 24.7. The van der Waals surface area contributed by atoms with Crippen molar-refractivity contribution >= 4 is 11.8 Å². The number of nitrogens with zero attached hydrogens (tertiary/aromatic N) is 1. The van der Waals surface area contributed by atoms with Crippen LogP contribution < -0.4 is 5.32 Å². The summed E-state index contributed by atoms with van der Waals surface area (Å²) in [6.45, 7) is 4.71. The molecule has 1 fully saturated rings. The number of allylic oxidation sites excluding steroid dienone is 11. The fourth-order valence-electron chi connectivity index (χ4n) is 6.40. The minimum Gasteiger partial charge on any atom is -0.508 e. The summed E-state index contributed by atoms with van der Waals surface area (Å²) >= 11 is 0. The second kappa shape index (κ2) is 9.06. The topological polar surface area (TPSA) is 78.9 Å². The van der Waals surface area contributed by atoms with Gasteiger partial charge in [0.15, 0.2) is 0 Å². The van der Waals surface area contributed by atoms with Gasteiger partial charge < -0.3 is 20.1 Å². The molecule has 4 atom stereocenters. The summed E-state index contributed by atoms with van der Waals surface area (Å²) in [4.78, 5) is 29.5. The van der Waals surface area contributed by atoms with Crippen LogP contribution in [-0.4, -0.2) is 41.5 Å². The van der Waals surface area contributed by atoms with Crippen LogP contribution in [-0.2, 0) is 14.3 Å². The monoisotopic (exact) mass is 474 g/mol. The average molecular weight is 475 g/mol.